The van der Waals surface area contributed by atoms with Gasteiger partial charge < -0.3 is 9.32 Å². The summed E-state index contributed by atoms with van der Waals surface area (Å²) in [6.07, 6.45) is 0. The van der Waals surface area contributed by atoms with Crippen LogP contribution in [0.15, 0.2) is 235 Å². The molecule has 12 aromatic rings. The molecule has 1 spiro atoms. The van der Waals surface area contributed by atoms with Crippen molar-refractivity contribution in [3.8, 4) is 71.5 Å². The van der Waals surface area contributed by atoms with Gasteiger partial charge in [-0.1, -0.05) is 196 Å². The summed E-state index contributed by atoms with van der Waals surface area (Å²) >= 11 is 1.92. The van der Waals surface area contributed by atoms with Crippen LogP contribution < -0.4 is 4.90 Å². The van der Waals surface area contributed by atoms with E-state index in [0.717, 1.165) is 44.5 Å². The summed E-state index contributed by atoms with van der Waals surface area (Å²) in [5, 5.41) is 11.7. The summed E-state index contributed by atoms with van der Waals surface area (Å²) in [5.41, 5.74) is 24.8. The van der Waals surface area contributed by atoms with Crippen molar-refractivity contribution in [1.82, 2.24) is 0 Å². The first-order valence-corrected chi connectivity index (χ1v) is 25.9. The van der Waals surface area contributed by atoms with E-state index >= 15 is 0 Å². The van der Waals surface area contributed by atoms with Gasteiger partial charge in [0.25, 0.3) is 0 Å². The second-order valence-corrected chi connectivity index (χ2v) is 21.2. The normalized spacial score (nSPS) is 15.1. The molecular formula is C69H44N2OS. The molecule has 0 radical (unpaired) electrons. The highest BCUT2D eigenvalue weighted by Crippen LogP contribution is 2.69. The Bertz CT molecular complexity index is 4310. The number of hydrogen-bond donors (Lipinski definition) is 0. The van der Waals surface area contributed by atoms with Crippen molar-refractivity contribution in [3.05, 3.63) is 269 Å². The first kappa shape index (κ1) is 41.7. The lowest BCUT2D eigenvalue weighted by Gasteiger charge is -2.32. The van der Waals surface area contributed by atoms with E-state index < -0.39 is 5.41 Å². The predicted molar refractivity (Wildman–Crippen MR) is 301 cm³/mol. The number of furan rings is 1. The van der Waals surface area contributed by atoms with Crippen molar-refractivity contribution < 1.29 is 4.42 Å². The van der Waals surface area contributed by atoms with Crippen molar-refractivity contribution in [2.45, 2.75) is 24.7 Å². The molecule has 3 nitrogen and oxygen atoms in total. The van der Waals surface area contributed by atoms with E-state index in [2.05, 4.69) is 237 Å². The number of thiophene rings is 1. The monoisotopic (exact) mass is 948 g/mol. The van der Waals surface area contributed by atoms with Crippen LogP contribution in [0.5, 0.6) is 0 Å². The molecule has 0 bridgehead atoms. The highest BCUT2D eigenvalue weighted by molar-refractivity contribution is 7.19. The molecule has 1 unspecified atom stereocenters. The van der Waals surface area contributed by atoms with Gasteiger partial charge in [-0.25, -0.2) is 0 Å². The summed E-state index contributed by atoms with van der Waals surface area (Å²) in [6.45, 7) is 4.73. The number of hydrogen-bond acceptors (Lipinski definition) is 4. The maximum absolute atomic E-state index is 9.68. The second-order valence-electron chi connectivity index (χ2n) is 20.2. The SMILES string of the molecule is CC1(C)c2ccccc2-c2ccc(N(c3ccc(-c4cccc5c4oc4cc(C#N)ccc45)cc3)c3cccc4c3-c3ccccc3C43c4ccccc4-c4c(-c5ccccc5)sc(-c5ccccc5)c43)cc21. The molecule has 0 aliphatic heterocycles. The highest BCUT2D eigenvalue weighted by atomic mass is 32.1. The fourth-order valence-electron chi connectivity index (χ4n) is 13.0. The van der Waals surface area contributed by atoms with E-state index in [-0.39, 0.29) is 5.41 Å². The zero-order chi connectivity index (χ0) is 48.6. The molecule has 15 rings (SSSR count). The molecule has 4 heteroatoms. The van der Waals surface area contributed by atoms with Crippen molar-refractivity contribution in [2.75, 3.05) is 4.90 Å². The third kappa shape index (κ3) is 5.74. The van der Waals surface area contributed by atoms with Gasteiger partial charge in [-0.3, -0.25) is 0 Å². The Morgan fingerprint density at radius 3 is 1.75 bits per heavy atom. The fraction of sp³-hybridized carbons (Fsp3) is 0.0580. The maximum atomic E-state index is 9.68. The number of anilines is 3. The minimum absolute atomic E-state index is 0.195. The van der Waals surface area contributed by atoms with Gasteiger partial charge in [-0.15, -0.1) is 11.3 Å². The predicted octanol–water partition coefficient (Wildman–Crippen LogP) is 18.6. The van der Waals surface area contributed by atoms with E-state index in [4.69, 9.17) is 4.42 Å². The smallest absolute Gasteiger partial charge is 0.143 e. The second kappa shape index (κ2) is 15.5. The minimum atomic E-state index is -0.598. The molecular weight excluding hydrogens is 905 g/mol. The number of para-hydroxylation sites is 1. The molecule has 342 valence electrons. The third-order valence-corrected chi connectivity index (χ3v) is 17.4. The third-order valence-electron chi connectivity index (χ3n) is 16.1. The quantitative estimate of drug-likeness (QED) is 0.167. The van der Waals surface area contributed by atoms with Gasteiger partial charge in [0.05, 0.1) is 22.7 Å². The molecule has 2 aromatic heterocycles. The van der Waals surface area contributed by atoms with Gasteiger partial charge in [0.2, 0.25) is 0 Å². The van der Waals surface area contributed by atoms with Gasteiger partial charge in [-0.05, 0) is 121 Å². The Labute approximate surface area is 428 Å². The van der Waals surface area contributed by atoms with Crippen LogP contribution in [0.1, 0.15) is 52.8 Å². The number of nitriles is 1. The summed E-state index contributed by atoms with van der Waals surface area (Å²) < 4.78 is 6.57. The van der Waals surface area contributed by atoms with Crippen LogP contribution in [0.25, 0.3) is 87.3 Å². The average molecular weight is 949 g/mol. The maximum Gasteiger partial charge on any atom is 0.143 e. The first-order chi connectivity index (χ1) is 35.9. The Morgan fingerprint density at radius 2 is 1.03 bits per heavy atom. The molecule has 0 fully saturated rings. The van der Waals surface area contributed by atoms with Crippen LogP contribution in [0, 0.1) is 11.3 Å². The molecule has 3 aliphatic carbocycles. The number of benzene rings is 10. The van der Waals surface area contributed by atoms with Crippen LogP contribution in [0.2, 0.25) is 0 Å². The van der Waals surface area contributed by atoms with E-state index in [1.807, 2.05) is 29.5 Å². The molecule has 10 aromatic carbocycles. The van der Waals surface area contributed by atoms with E-state index in [9.17, 15) is 5.26 Å². The standard InChI is InChI=1S/C69H44N2OS/c1-68(2)55-26-12-9-21-49(55)50-38-36-47(40-59(50)68)71(46-34-32-43(33-35-46)48-24-15-25-52-51-37-31-42(41-70)39-61(51)72-65(48)52)60-30-16-29-58-62(60)53-22-10-13-27-56(53)69(58)57-28-14-11-23-54(57)63-64(69)67(45-19-7-4-8-20-45)73-66(63)44-17-5-3-6-18-44/h3-40H,1-2H3. The van der Waals surface area contributed by atoms with E-state index in [0.29, 0.717) is 11.1 Å². The zero-order valence-corrected chi connectivity index (χ0v) is 41.0. The highest BCUT2D eigenvalue weighted by Gasteiger charge is 2.55. The van der Waals surface area contributed by atoms with Crippen LogP contribution in [0.3, 0.4) is 0 Å². The molecule has 0 amide bonds. The van der Waals surface area contributed by atoms with E-state index in [1.165, 1.54) is 87.6 Å². The Morgan fingerprint density at radius 1 is 0.438 bits per heavy atom. The van der Waals surface area contributed by atoms with Crippen LogP contribution in [-0.2, 0) is 10.8 Å². The lowest BCUT2D eigenvalue weighted by atomic mass is 9.70. The van der Waals surface area contributed by atoms with Crippen LogP contribution in [0.4, 0.5) is 17.1 Å². The molecule has 0 N–H and O–H groups in total. The Hall–Kier alpha value is -9.01. The van der Waals surface area contributed by atoms with Crippen LogP contribution in [-0.4, -0.2) is 0 Å². The number of rotatable bonds is 6. The van der Waals surface area contributed by atoms with Crippen molar-refractivity contribution in [1.29, 1.82) is 5.26 Å². The van der Waals surface area contributed by atoms with Crippen LogP contribution >= 0.6 is 11.3 Å². The lowest BCUT2D eigenvalue weighted by molar-refractivity contribution is 0.660. The number of fused-ring (bicyclic) bond motifs is 16. The fourth-order valence-corrected chi connectivity index (χ4v) is 14.4. The number of nitrogens with zero attached hydrogens (tertiary/aromatic N) is 2. The van der Waals surface area contributed by atoms with E-state index in [1.54, 1.807) is 0 Å². The summed E-state index contributed by atoms with van der Waals surface area (Å²) in [7, 11) is 0. The molecule has 0 saturated carbocycles. The van der Waals surface area contributed by atoms with Crippen molar-refractivity contribution in [2.24, 2.45) is 0 Å². The van der Waals surface area contributed by atoms with Gasteiger partial charge >= 0.3 is 0 Å². The van der Waals surface area contributed by atoms with Gasteiger partial charge in [0.1, 0.15) is 11.2 Å². The van der Waals surface area contributed by atoms with Gasteiger partial charge in [-0.2, -0.15) is 5.26 Å². The zero-order valence-electron chi connectivity index (χ0n) is 40.2. The minimum Gasteiger partial charge on any atom is -0.455 e. The summed E-state index contributed by atoms with van der Waals surface area (Å²) in [4.78, 5) is 5.11. The van der Waals surface area contributed by atoms with Gasteiger partial charge in [0.15, 0.2) is 0 Å². The molecule has 3 aliphatic rings. The van der Waals surface area contributed by atoms with Crippen molar-refractivity contribution >= 4 is 50.3 Å². The lowest BCUT2D eigenvalue weighted by Crippen LogP contribution is -2.26. The van der Waals surface area contributed by atoms with Crippen molar-refractivity contribution in [3.63, 3.8) is 0 Å². The molecule has 2 heterocycles. The summed E-state index contributed by atoms with van der Waals surface area (Å²) in [5.74, 6) is 0. The topological polar surface area (TPSA) is 40.2 Å². The molecule has 0 saturated heterocycles. The Balaban J connectivity index is 0.986. The summed E-state index contributed by atoms with van der Waals surface area (Å²) in [6, 6.07) is 86.8. The Kier molecular flexibility index (Phi) is 8.86. The van der Waals surface area contributed by atoms with Gasteiger partial charge in [0, 0.05) is 54.0 Å². The first-order valence-electron chi connectivity index (χ1n) is 25.0. The average Bonchev–Trinajstić information content (AvgIpc) is 4.23. The largest absolute Gasteiger partial charge is 0.455 e. The molecule has 1 atom stereocenters. The molecule has 73 heavy (non-hydrogen) atoms.